The van der Waals surface area contributed by atoms with E-state index in [1.54, 1.807) is 18.3 Å². The number of nitrogens with zero attached hydrogens (tertiary/aromatic N) is 2. The van der Waals surface area contributed by atoms with Crippen molar-refractivity contribution < 1.29 is 14.6 Å². The lowest BCUT2D eigenvalue weighted by molar-refractivity contribution is -0.155. The number of phenolic OH excluding ortho intramolecular Hbond substituents is 1. The summed E-state index contributed by atoms with van der Waals surface area (Å²) >= 11 is 0. The van der Waals surface area contributed by atoms with Gasteiger partial charge in [0, 0.05) is 5.39 Å². The predicted octanol–water partition coefficient (Wildman–Crippen LogP) is 4.06. The lowest BCUT2D eigenvalue weighted by Gasteiger charge is -2.23. The fourth-order valence-corrected chi connectivity index (χ4v) is 2.85. The second-order valence-corrected chi connectivity index (χ2v) is 7.05. The van der Waals surface area contributed by atoms with Crippen LogP contribution in [0, 0.1) is 0 Å². The van der Waals surface area contributed by atoms with Gasteiger partial charge in [-0.05, 0) is 44.5 Å². The van der Waals surface area contributed by atoms with E-state index in [9.17, 15) is 9.90 Å². The number of hydrogen-bond acceptors (Lipinski definition) is 4. The largest absolute Gasteiger partial charge is 0.508 e. The highest BCUT2D eigenvalue weighted by Crippen LogP contribution is 2.28. The highest BCUT2D eigenvalue weighted by atomic mass is 16.6. The minimum Gasteiger partial charge on any atom is -0.508 e. The van der Waals surface area contributed by atoms with Gasteiger partial charge in [-0.1, -0.05) is 30.3 Å². The Bertz CT molecular complexity index is 879. The number of aromatic hydroxyl groups is 1. The van der Waals surface area contributed by atoms with E-state index in [2.05, 4.69) is 5.10 Å². The zero-order valence-corrected chi connectivity index (χ0v) is 14.6. The molecule has 0 saturated heterocycles. The molecule has 1 atom stereocenters. The summed E-state index contributed by atoms with van der Waals surface area (Å²) in [6.45, 7) is 5.57. The quantitative estimate of drug-likeness (QED) is 0.729. The van der Waals surface area contributed by atoms with Gasteiger partial charge in [0.25, 0.3) is 0 Å². The van der Waals surface area contributed by atoms with Gasteiger partial charge in [0.1, 0.15) is 11.4 Å². The van der Waals surface area contributed by atoms with Crippen LogP contribution in [-0.2, 0) is 9.53 Å². The van der Waals surface area contributed by atoms with Crippen LogP contribution in [0.2, 0.25) is 0 Å². The molecule has 0 radical (unpaired) electrons. The maximum absolute atomic E-state index is 12.4. The molecule has 0 aliphatic heterocycles. The molecule has 0 aliphatic carbocycles. The molecule has 0 aliphatic rings. The molecule has 2 aromatic carbocycles. The van der Waals surface area contributed by atoms with E-state index >= 15 is 0 Å². The zero-order valence-electron chi connectivity index (χ0n) is 14.6. The molecule has 3 aromatic rings. The summed E-state index contributed by atoms with van der Waals surface area (Å²) in [5.74, 6) is -0.0840. The number of rotatable bonds is 4. The smallest absolute Gasteiger partial charge is 0.308 e. The number of aromatic nitrogens is 2. The van der Waals surface area contributed by atoms with Crippen molar-refractivity contribution in [3.05, 3.63) is 60.3 Å². The Kier molecular flexibility index (Phi) is 4.49. The van der Waals surface area contributed by atoms with Crippen molar-refractivity contribution in [1.29, 1.82) is 0 Å². The Hall–Kier alpha value is -2.82. The van der Waals surface area contributed by atoms with E-state index < -0.39 is 5.60 Å². The fourth-order valence-electron chi connectivity index (χ4n) is 2.85. The number of benzene rings is 2. The van der Waals surface area contributed by atoms with Gasteiger partial charge in [-0.2, -0.15) is 5.10 Å². The molecule has 3 rings (SSSR count). The normalized spacial score (nSPS) is 12.9. The van der Waals surface area contributed by atoms with Crippen molar-refractivity contribution >= 4 is 16.9 Å². The third-order valence-corrected chi connectivity index (χ3v) is 3.84. The summed E-state index contributed by atoms with van der Waals surface area (Å²) < 4.78 is 7.31. The summed E-state index contributed by atoms with van der Waals surface area (Å²) in [6, 6.07) is 14.6. The predicted molar refractivity (Wildman–Crippen MR) is 96.4 cm³/mol. The molecular weight excluding hydrogens is 316 g/mol. The van der Waals surface area contributed by atoms with Crippen molar-refractivity contribution in [1.82, 2.24) is 9.78 Å². The van der Waals surface area contributed by atoms with Crippen LogP contribution >= 0.6 is 0 Å². The summed E-state index contributed by atoms with van der Waals surface area (Å²) in [4.78, 5) is 12.4. The Balaban J connectivity index is 2.00. The second kappa shape index (κ2) is 6.59. The number of ether oxygens (including phenoxy) is 1. The molecule has 0 saturated carbocycles. The zero-order chi connectivity index (χ0) is 18.0. The first-order chi connectivity index (χ1) is 11.8. The van der Waals surface area contributed by atoms with Crippen molar-refractivity contribution in [2.75, 3.05) is 0 Å². The molecule has 0 bridgehead atoms. The average Bonchev–Trinajstić information content (AvgIpc) is 2.94. The third kappa shape index (κ3) is 3.99. The highest BCUT2D eigenvalue weighted by Gasteiger charge is 2.24. The Labute approximate surface area is 146 Å². The Morgan fingerprint density at radius 3 is 2.60 bits per heavy atom. The van der Waals surface area contributed by atoms with Gasteiger partial charge in [-0.15, -0.1) is 0 Å². The van der Waals surface area contributed by atoms with Gasteiger partial charge < -0.3 is 9.84 Å². The SMILES string of the molecule is CC(C)(C)OC(=O)CC(c1ccccc1)n1ncc2cc(O)ccc21. The van der Waals surface area contributed by atoms with Gasteiger partial charge in [-0.25, -0.2) is 0 Å². The molecule has 130 valence electrons. The first-order valence-electron chi connectivity index (χ1n) is 8.26. The molecule has 1 N–H and O–H groups in total. The van der Waals surface area contributed by atoms with E-state index in [-0.39, 0.29) is 24.2 Å². The fraction of sp³-hybridized carbons (Fsp3) is 0.300. The first kappa shape index (κ1) is 17.0. The highest BCUT2D eigenvalue weighted by molar-refractivity contribution is 5.81. The molecule has 0 fully saturated rings. The molecule has 5 nitrogen and oxygen atoms in total. The van der Waals surface area contributed by atoms with Crippen LogP contribution in [0.15, 0.2) is 54.7 Å². The summed E-state index contributed by atoms with van der Waals surface area (Å²) in [5.41, 5.74) is 1.30. The van der Waals surface area contributed by atoms with Gasteiger partial charge in [0.2, 0.25) is 0 Å². The van der Waals surface area contributed by atoms with Crippen molar-refractivity contribution in [3.63, 3.8) is 0 Å². The van der Waals surface area contributed by atoms with Crippen LogP contribution in [-0.4, -0.2) is 26.5 Å². The van der Waals surface area contributed by atoms with Crippen LogP contribution in [0.3, 0.4) is 0 Å². The van der Waals surface area contributed by atoms with Crippen LogP contribution in [0.5, 0.6) is 5.75 Å². The number of hydrogen-bond donors (Lipinski definition) is 1. The number of fused-ring (bicyclic) bond motifs is 1. The van der Waals surface area contributed by atoms with Crippen molar-refractivity contribution in [3.8, 4) is 5.75 Å². The molecular formula is C20H22N2O3. The standard InChI is InChI=1S/C20H22N2O3/c1-20(2,3)25-19(24)12-18(14-7-5-4-6-8-14)22-17-10-9-16(23)11-15(17)13-21-22/h4-11,13,18,23H,12H2,1-3H3. The molecule has 0 amide bonds. The first-order valence-corrected chi connectivity index (χ1v) is 8.26. The second-order valence-electron chi connectivity index (χ2n) is 7.05. The Morgan fingerprint density at radius 1 is 1.20 bits per heavy atom. The maximum atomic E-state index is 12.4. The van der Waals surface area contributed by atoms with Crippen LogP contribution in [0.1, 0.15) is 38.8 Å². The molecule has 25 heavy (non-hydrogen) atoms. The summed E-state index contributed by atoms with van der Waals surface area (Å²) in [5, 5.41) is 14.9. The monoisotopic (exact) mass is 338 g/mol. The van der Waals surface area contributed by atoms with Gasteiger partial charge in [-0.3, -0.25) is 9.48 Å². The van der Waals surface area contributed by atoms with Gasteiger partial charge in [0.05, 0.1) is 24.2 Å². The van der Waals surface area contributed by atoms with Gasteiger partial charge in [0.15, 0.2) is 0 Å². The Morgan fingerprint density at radius 2 is 1.92 bits per heavy atom. The molecule has 5 heteroatoms. The topological polar surface area (TPSA) is 64.4 Å². The van der Waals surface area contributed by atoms with Crippen LogP contribution < -0.4 is 0 Å². The minimum absolute atomic E-state index is 0.180. The van der Waals surface area contributed by atoms with E-state index in [4.69, 9.17) is 4.74 Å². The lowest BCUT2D eigenvalue weighted by Crippen LogP contribution is -2.26. The van der Waals surface area contributed by atoms with Crippen LogP contribution in [0.25, 0.3) is 10.9 Å². The number of carbonyl (C=O) groups excluding carboxylic acids is 1. The van der Waals surface area contributed by atoms with E-state index in [1.807, 2.05) is 61.9 Å². The van der Waals surface area contributed by atoms with Crippen LogP contribution in [0.4, 0.5) is 0 Å². The van der Waals surface area contributed by atoms with Crippen molar-refractivity contribution in [2.24, 2.45) is 0 Å². The molecule has 0 spiro atoms. The molecule has 1 unspecified atom stereocenters. The molecule has 1 aromatic heterocycles. The number of esters is 1. The summed E-state index contributed by atoms with van der Waals surface area (Å²) in [7, 11) is 0. The summed E-state index contributed by atoms with van der Waals surface area (Å²) in [6.07, 6.45) is 1.87. The molecule has 1 heterocycles. The third-order valence-electron chi connectivity index (χ3n) is 3.84. The van der Waals surface area contributed by atoms with E-state index in [1.165, 1.54) is 0 Å². The number of phenols is 1. The lowest BCUT2D eigenvalue weighted by atomic mass is 10.0. The average molecular weight is 338 g/mol. The van der Waals surface area contributed by atoms with E-state index in [0.29, 0.717) is 0 Å². The van der Waals surface area contributed by atoms with Gasteiger partial charge >= 0.3 is 5.97 Å². The maximum Gasteiger partial charge on any atom is 0.308 e. The minimum atomic E-state index is -0.531. The van der Waals surface area contributed by atoms with Crippen molar-refractivity contribution in [2.45, 2.75) is 38.8 Å². The number of carbonyl (C=O) groups is 1. The van der Waals surface area contributed by atoms with E-state index in [0.717, 1.165) is 16.5 Å².